The largest absolute Gasteiger partial charge is 0.370 e. The summed E-state index contributed by atoms with van der Waals surface area (Å²) in [6, 6.07) is 0. The normalized spacial score (nSPS) is 10.0. The highest BCUT2D eigenvalue weighted by Gasteiger charge is 2.06. The molecule has 15 heavy (non-hydrogen) atoms. The number of hydrogen-bond acceptors (Lipinski definition) is 4. The van der Waals surface area contributed by atoms with Gasteiger partial charge in [0.1, 0.15) is 6.33 Å². The molecule has 0 aromatic carbocycles. The Morgan fingerprint density at radius 2 is 2.33 bits per heavy atom. The van der Waals surface area contributed by atoms with Gasteiger partial charge in [-0.3, -0.25) is 4.79 Å². The first kappa shape index (κ1) is 11.4. The van der Waals surface area contributed by atoms with Crippen molar-refractivity contribution in [3.63, 3.8) is 0 Å². The maximum atomic E-state index is 13.3. The molecule has 0 aliphatic rings. The highest BCUT2D eigenvalue weighted by Crippen LogP contribution is 2.11. The van der Waals surface area contributed by atoms with Crippen LogP contribution in [-0.2, 0) is 4.79 Å². The Hall–Kier alpha value is -1.72. The number of nitrogens with zero attached hydrogens (tertiary/aromatic N) is 2. The number of amides is 1. The first-order valence-corrected chi connectivity index (χ1v) is 4.60. The molecule has 0 radical (unpaired) electrons. The summed E-state index contributed by atoms with van der Waals surface area (Å²) in [5.41, 5.74) is 5.25. The van der Waals surface area contributed by atoms with E-state index in [2.05, 4.69) is 15.3 Å². The number of halogens is 1. The van der Waals surface area contributed by atoms with Crippen molar-refractivity contribution in [1.29, 1.82) is 0 Å². The van der Waals surface area contributed by atoms with Crippen LogP contribution in [0.5, 0.6) is 0 Å². The zero-order chi connectivity index (χ0) is 11.3. The summed E-state index contributed by atoms with van der Waals surface area (Å²) < 4.78 is 13.3. The molecular formula is C9H13FN4O. The summed E-state index contributed by atoms with van der Waals surface area (Å²) in [5, 5.41) is 2.78. The number of carbonyl (C=O) groups is 1. The standard InChI is InChI=1S/C9H13FN4O/c1-6-8(10)9(14-5-13-6)12-4-2-3-7(11)15/h5H,2-4H2,1H3,(H2,11,15)(H,12,13,14). The zero-order valence-electron chi connectivity index (χ0n) is 8.46. The molecule has 6 heteroatoms. The van der Waals surface area contributed by atoms with Crippen LogP contribution in [0.1, 0.15) is 18.5 Å². The second-order valence-electron chi connectivity index (χ2n) is 3.12. The van der Waals surface area contributed by atoms with Gasteiger partial charge in [-0.15, -0.1) is 0 Å². The van der Waals surface area contributed by atoms with Crippen LogP contribution in [0.15, 0.2) is 6.33 Å². The predicted molar refractivity (Wildman–Crippen MR) is 53.6 cm³/mol. The van der Waals surface area contributed by atoms with E-state index >= 15 is 0 Å². The summed E-state index contributed by atoms with van der Waals surface area (Å²) in [5.74, 6) is -0.667. The molecule has 0 atom stereocenters. The molecule has 1 heterocycles. The van der Waals surface area contributed by atoms with Crippen molar-refractivity contribution in [2.24, 2.45) is 5.73 Å². The lowest BCUT2D eigenvalue weighted by Crippen LogP contribution is -2.13. The van der Waals surface area contributed by atoms with Crippen LogP contribution in [0.4, 0.5) is 10.2 Å². The van der Waals surface area contributed by atoms with Gasteiger partial charge >= 0.3 is 0 Å². The maximum Gasteiger partial charge on any atom is 0.217 e. The van der Waals surface area contributed by atoms with Gasteiger partial charge in [-0.1, -0.05) is 0 Å². The van der Waals surface area contributed by atoms with Gasteiger partial charge in [0.25, 0.3) is 0 Å². The fourth-order valence-electron chi connectivity index (χ4n) is 1.05. The molecule has 1 rings (SSSR count). The molecule has 0 spiro atoms. The Labute approximate surface area is 86.9 Å². The van der Waals surface area contributed by atoms with Crippen molar-refractivity contribution in [3.05, 3.63) is 17.8 Å². The van der Waals surface area contributed by atoms with Gasteiger partial charge in [-0.05, 0) is 13.3 Å². The van der Waals surface area contributed by atoms with Crippen LogP contribution >= 0.6 is 0 Å². The number of rotatable bonds is 5. The molecular weight excluding hydrogens is 199 g/mol. The SMILES string of the molecule is Cc1ncnc(NCCCC(N)=O)c1F. The number of nitrogens with one attached hydrogen (secondary N) is 1. The van der Waals surface area contributed by atoms with Crippen LogP contribution < -0.4 is 11.1 Å². The van der Waals surface area contributed by atoms with Crippen molar-refractivity contribution < 1.29 is 9.18 Å². The highest BCUT2D eigenvalue weighted by molar-refractivity contribution is 5.73. The Kier molecular flexibility index (Phi) is 3.96. The van der Waals surface area contributed by atoms with E-state index < -0.39 is 5.82 Å². The Morgan fingerprint density at radius 1 is 1.60 bits per heavy atom. The van der Waals surface area contributed by atoms with Gasteiger partial charge in [-0.25, -0.2) is 14.4 Å². The first-order chi connectivity index (χ1) is 7.11. The topological polar surface area (TPSA) is 80.9 Å². The summed E-state index contributed by atoms with van der Waals surface area (Å²) in [6.07, 6.45) is 2.12. The second-order valence-corrected chi connectivity index (χ2v) is 3.12. The average Bonchev–Trinajstić information content (AvgIpc) is 2.18. The van der Waals surface area contributed by atoms with Crippen molar-refractivity contribution in [3.8, 4) is 0 Å². The molecule has 0 fully saturated rings. The molecule has 82 valence electrons. The number of aromatic nitrogens is 2. The van der Waals surface area contributed by atoms with E-state index in [1.54, 1.807) is 6.92 Å². The summed E-state index contributed by atoms with van der Waals surface area (Å²) in [4.78, 5) is 17.9. The van der Waals surface area contributed by atoms with Gasteiger partial charge in [0, 0.05) is 13.0 Å². The molecule has 1 amide bonds. The molecule has 0 unspecified atom stereocenters. The number of carbonyl (C=O) groups excluding carboxylic acids is 1. The van der Waals surface area contributed by atoms with Crippen LogP contribution in [0, 0.1) is 12.7 Å². The van der Waals surface area contributed by atoms with Crippen molar-refractivity contribution in [2.75, 3.05) is 11.9 Å². The van der Waals surface area contributed by atoms with Gasteiger partial charge in [0.2, 0.25) is 5.91 Å². The van der Waals surface area contributed by atoms with Crippen LogP contribution in [0.3, 0.4) is 0 Å². The monoisotopic (exact) mass is 212 g/mol. The van der Waals surface area contributed by atoms with Gasteiger partial charge in [-0.2, -0.15) is 0 Å². The summed E-state index contributed by atoms with van der Waals surface area (Å²) >= 11 is 0. The number of primary amides is 1. The van der Waals surface area contributed by atoms with E-state index in [1.165, 1.54) is 6.33 Å². The Bertz CT molecular complexity index is 356. The zero-order valence-corrected chi connectivity index (χ0v) is 8.46. The molecule has 3 N–H and O–H groups in total. The minimum Gasteiger partial charge on any atom is -0.370 e. The van der Waals surface area contributed by atoms with E-state index in [4.69, 9.17) is 5.73 Å². The molecule has 1 aromatic heterocycles. The summed E-state index contributed by atoms with van der Waals surface area (Å²) in [7, 11) is 0. The van der Waals surface area contributed by atoms with Gasteiger partial charge in [0.15, 0.2) is 11.6 Å². The van der Waals surface area contributed by atoms with E-state index in [0.29, 0.717) is 18.7 Å². The molecule has 0 bridgehead atoms. The molecule has 0 saturated heterocycles. The number of anilines is 1. The van der Waals surface area contributed by atoms with E-state index in [9.17, 15) is 9.18 Å². The lowest BCUT2D eigenvalue weighted by Gasteiger charge is -2.06. The number of nitrogens with two attached hydrogens (primary N) is 1. The number of hydrogen-bond donors (Lipinski definition) is 2. The predicted octanol–water partition coefficient (Wildman–Crippen LogP) is 0.602. The minimum atomic E-state index is -0.462. The molecule has 0 saturated carbocycles. The quantitative estimate of drug-likeness (QED) is 0.700. The van der Waals surface area contributed by atoms with Crippen molar-refractivity contribution in [2.45, 2.75) is 19.8 Å². The third-order valence-corrected chi connectivity index (χ3v) is 1.86. The minimum absolute atomic E-state index is 0.159. The fourth-order valence-corrected chi connectivity index (χ4v) is 1.05. The van der Waals surface area contributed by atoms with Crippen LogP contribution in [-0.4, -0.2) is 22.4 Å². The second kappa shape index (κ2) is 5.23. The smallest absolute Gasteiger partial charge is 0.217 e. The lowest BCUT2D eigenvalue weighted by atomic mass is 10.3. The van der Waals surface area contributed by atoms with Crippen LogP contribution in [0.2, 0.25) is 0 Å². The average molecular weight is 212 g/mol. The highest BCUT2D eigenvalue weighted by atomic mass is 19.1. The molecule has 0 aliphatic carbocycles. The van der Waals surface area contributed by atoms with Gasteiger partial charge < -0.3 is 11.1 Å². The maximum absolute atomic E-state index is 13.3. The molecule has 1 aromatic rings. The molecule has 0 aliphatic heterocycles. The fraction of sp³-hybridized carbons (Fsp3) is 0.444. The number of aryl methyl sites for hydroxylation is 1. The van der Waals surface area contributed by atoms with Crippen LogP contribution in [0.25, 0.3) is 0 Å². The third kappa shape index (κ3) is 3.49. The lowest BCUT2D eigenvalue weighted by molar-refractivity contribution is -0.118. The third-order valence-electron chi connectivity index (χ3n) is 1.86. The van der Waals surface area contributed by atoms with E-state index in [1.807, 2.05) is 0 Å². The van der Waals surface area contributed by atoms with Crippen molar-refractivity contribution >= 4 is 11.7 Å². The Morgan fingerprint density at radius 3 is 3.00 bits per heavy atom. The first-order valence-electron chi connectivity index (χ1n) is 4.60. The van der Waals surface area contributed by atoms with Gasteiger partial charge in [0.05, 0.1) is 5.69 Å². The molecule has 5 nitrogen and oxygen atoms in total. The Balaban J connectivity index is 2.44. The van der Waals surface area contributed by atoms with E-state index in [-0.39, 0.29) is 18.1 Å². The summed E-state index contributed by atoms with van der Waals surface area (Å²) in [6.45, 7) is 2.02. The van der Waals surface area contributed by atoms with E-state index in [0.717, 1.165) is 0 Å². The van der Waals surface area contributed by atoms with Crippen molar-refractivity contribution in [1.82, 2.24) is 9.97 Å².